The second-order valence-electron chi connectivity index (χ2n) is 6.04. The Labute approximate surface area is 145 Å². The molecule has 0 spiro atoms. The zero-order chi connectivity index (χ0) is 16.4. The molecule has 24 heavy (non-hydrogen) atoms. The molecule has 1 aromatic heterocycles. The normalized spacial score (nSPS) is 18.2. The van der Waals surface area contributed by atoms with Crippen molar-refractivity contribution in [3.8, 4) is 17.0 Å². The van der Waals surface area contributed by atoms with Gasteiger partial charge in [-0.25, -0.2) is 4.98 Å². The van der Waals surface area contributed by atoms with Crippen LogP contribution in [0.15, 0.2) is 23.6 Å². The quantitative estimate of drug-likeness (QED) is 0.913. The van der Waals surface area contributed by atoms with Gasteiger partial charge in [0.05, 0.1) is 31.1 Å². The fourth-order valence-electron chi connectivity index (χ4n) is 3.17. The average molecular weight is 346 g/mol. The Kier molecular flexibility index (Phi) is 4.55. The van der Waals surface area contributed by atoms with Crippen LogP contribution in [0.5, 0.6) is 5.75 Å². The Hall–Kier alpha value is -1.83. The van der Waals surface area contributed by atoms with Gasteiger partial charge in [0.25, 0.3) is 0 Å². The van der Waals surface area contributed by atoms with Crippen LogP contribution in [0.3, 0.4) is 0 Å². The van der Waals surface area contributed by atoms with Gasteiger partial charge in [0.1, 0.15) is 12.4 Å². The minimum Gasteiger partial charge on any atom is -0.490 e. The molecule has 2 aliphatic rings. The zero-order valence-corrected chi connectivity index (χ0v) is 14.4. The van der Waals surface area contributed by atoms with Gasteiger partial charge in [-0.15, -0.1) is 11.3 Å². The first kappa shape index (κ1) is 15.7. The smallest absolute Gasteiger partial charge is 0.180 e. The highest BCUT2D eigenvalue weighted by atomic mass is 32.1. The Balaban J connectivity index is 1.51. The fourth-order valence-corrected chi connectivity index (χ4v) is 3.74. The van der Waals surface area contributed by atoms with Crippen molar-refractivity contribution in [1.82, 2.24) is 9.88 Å². The number of nitrogens with two attached hydrogens (primary N) is 1. The summed E-state index contributed by atoms with van der Waals surface area (Å²) in [5, 5.41) is 2.60. The van der Waals surface area contributed by atoms with Crippen LogP contribution in [-0.4, -0.2) is 62.4 Å². The van der Waals surface area contributed by atoms with Crippen LogP contribution < -0.4 is 15.4 Å². The van der Waals surface area contributed by atoms with Crippen molar-refractivity contribution in [3.63, 3.8) is 0 Å². The molecule has 2 N–H and O–H groups in total. The number of aromatic nitrogens is 1. The number of nitrogens with zero attached hydrogens (tertiary/aromatic N) is 3. The van der Waals surface area contributed by atoms with E-state index in [1.54, 1.807) is 0 Å². The van der Waals surface area contributed by atoms with E-state index in [0.29, 0.717) is 5.13 Å². The predicted octanol–water partition coefficient (Wildman–Crippen LogP) is 1.92. The zero-order valence-electron chi connectivity index (χ0n) is 13.6. The maximum Gasteiger partial charge on any atom is 0.180 e. The molecule has 7 heteroatoms. The van der Waals surface area contributed by atoms with Gasteiger partial charge in [-0.3, -0.25) is 4.90 Å². The number of hydrogen-bond donors (Lipinski definition) is 1. The summed E-state index contributed by atoms with van der Waals surface area (Å²) in [4.78, 5) is 9.26. The molecule has 1 aromatic carbocycles. The van der Waals surface area contributed by atoms with Crippen molar-refractivity contribution in [2.24, 2.45) is 0 Å². The number of morpholine rings is 1. The molecule has 1 saturated heterocycles. The lowest BCUT2D eigenvalue weighted by molar-refractivity contribution is 0.0390. The summed E-state index contributed by atoms with van der Waals surface area (Å²) in [5.41, 5.74) is 8.94. The number of hydrogen-bond acceptors (Lipinski definition) is 7. The highest BCUT2D eigenvalue weighted by Crippen LogP contribution is 2.36. The van der Waals surface area contributed by atoms with Gasteiger partial charge in [-0.05, 0) is 18.2 Å². The third-order valence-electron chi connectivity index (χ3n) is 4.53. The maximum atomic E-state index is 5.82. The van der Waals surface area contributed by atoms with Crippen molar-refractivity contribution < 1.29 is 9.47 Å². The van der Waals surface area contributed by atoms with Crippen LogP contribution in [0.1, 0.15) is 0 Å². The minimum atomic E-state index is 0.600. The summed E-state index contributed by atoms with van der Waals surface area (Å²) in [6.07, 6.45) is 0. The minimum absolute atomic E-state index is 0.600. The van der Waals surface area contributed by atoms with Crippen LogP contribution in [0.25, 0.3) is 11.3 Å². The van der Waals surface area contributed by atoms with Crippen molar-refractivity contribution in [2.45, 2.75) is 0 Å². The average Bonchev–Trinajstić information content (AvgIpc) is 3.07. The van der Waals surface area contributed by atoms with Crippen molar-refractivity contribution >= 4 is 22.2 Å². The summed E-state index contributed by atoms with van der Waals surface area (Å²) in [5.74, 6) is 0.954. The van der Waals surface area contributed by atoms with Gasteiger partial charge in [0.2, 0.25) is 0 Å². The third kappa shape index (κ3) is 3.33. The van der Waals surface area contributed by atoms with E-state index in [2.05, 4.69) is 26.9 Å². The van der Waals surface area contributed by atoms with Crippen LogP contribution in [0.4, 0.5) is 10.8 Å². The molecule has 6 nitrogen and oxygen atoms in total. The maximum absolute atomic E-state index is 5.82. The standard InChI is InChI=1S/C17H22N4O2S/c18-17-19-14(12-24-17)13-1-2-16-15(11-13)21(7-10-23-16)4-3-20-5-8-22-9-6-20/h1-2,11-12H,3-10H2,(H2,18,19). The van der Waals surface area contributed by atoms with Crippen LogP contribution >= 0.6 is 11.3 Å². The lowest BCUT2D eigenvalue weighted by Gasteiger charge is -2.34. The Morgan fingerprint density at radius 2 is 2.00 bits per heavy atom. The molecule has 2 aliphatic heterocycles. The SMILES string of the molecule is Nc1nc(-c2ccc3c(c2)N(CCN2CCOCC2)CCO3)cs1. The van der Waals surface area contributed by atoms with Gasteiger partial charge in [-0.1, -0.05) is 0 Å². The van der Waals surface area contributed by atoms with E-state index in [9.17, 15) is 0 Å². The van der Waals surface area contributed by atoms with Crippen LogP contribution in [0, 0.1) is 0 Å². The second-order valence-corrected chi connectivity index (χ2v) is 6.93. The topological polar surface area (TPSA) is 63.9 Å². The first-order valence-electron chi connectivity index (χ1n) is 8.33. The van der Waals surface area contributed by atoms with Gasteiger partial charge in [0.15, 0.2) is 5.13 Å². The molecule has 0 radical (unpaired) electrons. The Morgan fingerprint density at radius 1 is 1.12 bits per heavy atom. The molecule has 2 aromatic rings. The molecular weight excluding hydrogens is 324 g/mol. The molecule has 0 atom stereocenters. The number of benzene rings is 1. The first-order valence-corrected chi connectivity index (χ1v) is 9.21. The molecular formula is C17H22N4O2S. The molecule has 0 saturated carbocycles. The Morgan fingerprint density at radius 3 is 2.79 bits per heavy atom. The Bertz CT molecular complexity index is 700. The van der Waals surface area contributed by atoms with Crippen molar-refractivity contribution in [1.29, 1.82) is 0 Å². The summed E-state index contributed by atoms with van der Waals surface area (Å²) >= 11 is 1.47. The summed E-state index contributed by atoms with van der Waals surface area (Å²) in [6, 6.07) is 6.27. The van der Waals surface area contributed by atoms with Gasteiger partial charge in [-0.2, -0.15) is 0 Å². The number of thiazole rings is 1. The molecule has 0 amide bonds. The summed E-state index contributed by atoms with van der Waals surface area (Å²) in [6.45, 7) is 7.43. The number of anilines is 2. The van der Waals surface area contributed by atoms with Gasteiger partial charge < -0.3 is 20.1 Å². The molecule has 0 aliphatic carbocycles. The molecule has 4 rings (SSSR count). The van der Waals surface area contributed by atoms with Crippen LogP contribution in [-0.2, 0) is 4.74 Å². The molecule has 0 unspecified atom stereocenters. The first-order chi connectivity index (χ1) is 11.8. The second kappa shape index (κ2) is 6.96. The third-order valence-corrected chi connectivity index (χ3v) is 5.20. The number of ether oxygens (including phenoxy) is 2. The molecule has 128 valence electrons. The van der Waals surface area contributed by atoms with Crippen LogP contribution in [0.2, 0.25) is 0 Å². The van der Waals surface area contributed by atoms with Gasteiger partial charge >= 0.3 is 0 Å². The highest BCUT2D eigenvalue weighted by Gasteiger charge is 2.20. The van der Waals surface area contributed by atoms with E-state index in [1.807, 2.05) is 11.4 Å². The predicted molar refractivity (Wildman–Crippen MR) is 96.9 cm³/mol. The van der Waals surface area contributed by atoms with E-state index in [-0.39, 0.29) is 0 Å². The lowest BCUT2D eigenvalue weighted by Crippen LogP contribution is -2.43. The largest absolute Gasteiger partial charge is 0.490 e. The number of rotatable bonds is 4. The van der Waals surface area contributed by atoms with Gasteiger partial charge in [0, 0.05) is 37.1 Å². The molecule has 3 heterocycles. The fraction of sp³-hybridized carbons (Fsp3) is 0.471. The van der Waals surface area contributed by atoms with E-state index >= 15 is 0 Å². The van der Waals surface area contributed by atoms with E-state index in [1.165, 1.54) is 11.3 Å². The van der Waals surface area contributed by atoms with E-state index in [0.717, 1.165) is 75.2 Å². The number of fused-ring (bicyclic) bond motifs is 1. The van der Waals surface area contributed by atoms with Crippen molar-refractivity contribution in [2.75, 3.05) is 63.2 Å². The van der Waals surface area contributed by atoms with Crippen molar-refractivity contribution in [3.05, 3.63) is 23.6 Å². The summed E-state index contributed by atoms with van der Waals surface area (Å²) in [7, 11) is 0. The molecule has 1 fully saturated rings. The monoisotopic (exact) mass is 346 g/mol. The highest BCUT2D eigenvalue weighted by molar-refractivity contribution is 7.13. The lowest BCUT2D eigenvalue weighted by atomic mass is 10.1. The van der Waals surface area contributed by atoms with E-state index < -0.39 is 0 Å². The molecule has 0 bridgehead atoms. The number of nitrogen functional groups attached to an aromatic ring is 1. The van der Waals surface area contributed by atoms with E-state index in [4.69, 9.17) is 15.2 Å². The summed E-state index contributed by atoms with van der Waals surface area (Å²) < 4.78 is 11.2.